The van der Waals surface area contributed by atoms with Crippen molar-refractivity contribution in [1.82, 2.24) is 0 Å². The molecule has 2 aliphatic carbocycles. The van der Waals surface area contributed by atoms with E-state index in [1.54, 1.807) is 0 Å². The van der Waals surface area contributed by atoms with Crippen LogP contribution in [0.2, 0.25) is 0 Å². The zero-order valence-corrected chi connectivity index (χ0v) is 15.5. The number of hydrogen-bond donors (Lipinski definition) is 2. The van der Waals surface area contributed by atoms with Crippen LogP contribution in [0.3, 0.4) is 0 Å². The highest BCUT2D eigenvalue weighted by Crippen LogP contribution is 2.53. The molecular formula is C20H38O2. The van der Waals surface area contributed by atoms with E-state index in [-0.39, 0.29) is 12.0 Å². The summed E-state index contributed by atoms with van der Waals surface area (Å²) < 4.78 is 0. The van der Waals surface area contributed by atoms with Gasteiger partial charge in [0.25, 0.3) is 0 Å². The SMILES string of the molecule is CC1CCC(C(C)C)C(O)(C2C(O)C(C)CCC2C(C)C)C1. The molecule has 0 spiro atoms. The Hall–Kier alpha value is -0.0800. The minimum Gasteiger partial charge on any atom is -0.392 e. The van der Waals surface area contributed by atoms with E-state index in [9.17, 15) is 10.2 Å². The van der Waals surface area contributed by atoms with E-state index >= 15 is 0 Å². The van der Waals surface area contributed by atoms with Crippen molar-refractivity contribution in [3.8, 4) is 0 Å². The number of aliphatic hydroxyl groups is 2. The van der Waals surface area contributed by atoms with Gasteiger partial charge >= 0.3 is 0 Å². The molecule has 0 aromatic heterocycles. The maximum atomic E-state index is 11.8. The van der Waals surface area contributed by atoms with Gasteiger partial charge in [-0.15, -0.1) is 0 Å². The Morgan fingerprint density at radius 1 is 0.909 bits per heavy atom. The largest absolute Gasteiger partial charge is 0.392 e. The molecular weight excluding hydrogens is 272 g/mol. The third kappa shape index (κ3) is 3.24. The van der Waals surface area contributed by atoms with Gasteiger partial charge in [-0.2, -0.15) is 0 Å². The second kappa shape index (κ2) is 6.81. The highest BCUT2D eigenvalue weighted by molar-refractivity contribution is 5.05. The zero-order chi connectivity index (χ0) is 16.7. The molecule has 2 rings (SSSR count). The lowest BCUT2D eigenvalue weighted by Crippen LogP contribution is -2.60. The summed E-state index contributed by atoms with van der Waals surface area (Å²) in [5.74, 6) is 2.71. The minimum atomic E-state index is -0.686. The van der Waals surface area contributed by atoms with Gasteiger partial charge < -0.3 is 10.2 Å². The van der Waals surface area contributed by atoms with Gasteiger partial charge in [0, 0.05) is 5.92 Å². The fourth-order valence-electron chi connectivity index (χ4n) is 5.65. The van der Waals surface area contributed by atoms with Crippen molar-refractivity contribution in [3.05, 3.63) is 0 Å². The molecule has 0 saturated heterocycles. The second-order valence-corrected chi connectivity index (χ2v) is 9.21. The van der Waals surface area contributed by atoms with Gasteiger partial charge in [-0.1, -0.05) is 48.0 Å². The summed E-state index contributed by atoms with van der Waals surface area (Å²) >= 11 is 0. The molecule has 0 bridgehead atoms. The molecule has 0 amide bonds. The topological polar surface area (TPSA) is 40.5 Å². The molecule has 2 aliphatic rings. The van der Waals surface area contributed by atoms with Crippen LogP contribution in [0.25, 0.3) is 0 Å². The van der Waals surface area contributed by atoms with E-state index in [4.69, 9.17) is 0 Å². The van der Waals surface area contributed by atoms with Crippen LogP contribution in [0.15, 0.2) is 0 Å². The summed E-state index contributed by atoms with van der Waals surface area (Å²) in [6, 6.07) is 0. The predicted octanol–water partition coefficient (Wildman–Crippen LogP) is 4.49. The van der Waals surface area contributed by atoms with Crippen molar-refractivity contribution in [3.63, 3.8) is 0 Å². The van der Waals surface area contributed by atoms with Crippen LogP contribution < -0.4 is 0 Å². The van der Waals surface area contributed by atoms with Crippen LogP contribution in [0, 0.1) is 41.4 Å². The molecule has 130 valence electrons. The fraction of sp³-hybridized carbons (Fsp3) is 1.00. The molecule has 2 heteroatoms. The Labute approximate surface area is 137 Å². The van der Waals surface area contributed by atoms with Crippen molar-refractivity contribution < 1.29 is 10.2 Å². The third-order valence-corrected chi connectivity index (χ3v) is 6.89. The summed E-state index contributed by atoms with van der Waals surface area (Å²) in [6.07, 6.45) is 5.10. The van der Waals surface area contributed by atoms with E-state index in [2.05, 4.69) is 41.5 Å². The molecule has 2 saturated carbocycles. The van der Waals surface area contributed by atoms with Gasteiger partial charge in [0.1, 0.15) is 0 Å². The quantitative estimate of drug-likeness (QED) is 0.806. The smallest absolute Gasteiger partial charge is 0.0736 e. The average molecular weight is 311 g/mol. The molecule has 7 atom stereocenters. The Morgan fingerprint density at radius 2 is 1.55 bits per heavy atom. The minimum absolute atomic E-state index is 0.0476. The monoisotopic (exact) mass is 310 g/mol. The maximum Gasteiger partial charge on any atom is 0.0736 e. The van der Waals surface area contributed by atoms with E-state index in [0.717, 1.165) is 25.7 Å². The molecule has 0 radical (unpaired) electrons. The van der Waals surface area contributed by atoms with Crippen LogP contribution >= 0.6 is 0 Å². The van der Waals surface area contributed by atoms with Gasteiger partial charge in [-0.3, -0.25) is 0 Å². The highest BCUT2D eigenvalue weighted by Gasteiger charge is 2.55. The van der Waals surface area contributed by atoms with Crippen LogP contribution in [-0.4, -0.2) is 21.9 Å². The van der Waals surface area contributed by atoms with Crippen molar-refractivity contribution in [1.29, 1.82) is 0 Å². The first-order valence-corrected chi connectivity index (χ1v) is 9.58. The average Bonchev–Trinajstić information content (AvgIpc) is 2.40. The molecule has 0 aromatic carbocycles. The second-order valence-electron chi connectivity index (χ2n) is 9.21. The van der Waals surface area contributed by atoms with Gasteiger partial charge in [0.15, 0.2) is 0 Å². The number of hydrogen-bond acceptors (Lipinski definition) is 2. The zero-order valence-electron chi connectivity index (χ0n) is 15.5. The molecule has 22 heavy (non-hydrogen) atoms. The third-order valence-electron chi connectivity index (χ3n) is 6.89. The van der Waals surface area contributed by atoms with Crippen LogP contribution in [-0.2, 0) is 0 Å². The van der Waals surface area contributed by atoms with Crippen molar-refractivity contribution >= 4 is 0 Å². The molecule has 2 nitrogen and oxygen atoms in total. The molecule has 2 fully saturated rings. The number of rotatable bonds is 3. The number of aliphatic hydroxyl groups excluding tert-OH is 1. The predicted molar refractivity (Wildman–Crippen MR) is 92.5 cm³/mol. The van der Waals surface area contributed by atoms with Gasteiger partial charge in [-0.05, 0) is 61.2 Å². The van der Waals surface area contributed by atoms with Crippen LogP contribution in [0.1, 0.15) is 73.6 Å². The van der Waals surface area contributed by atoms with E-state index in [0.29, 0.717) is 35.5 Å². The Bertz CT molecular complexity index is 365. The highest BCUT2D eigenvalue weighted by atomic mass is 16.3. The summed E-state index contributed by atoms with van der Waals surface area (Å²) in [7, 11) is 0. The van der Waals surface area contributed by atoms with Crippen molar-refractivity contribution in [2.45, 2.75) is 85.4 Å². The normalized spacial score (nSPS) is 47.2. The lowest BCUT2D eigenvalue weighted by atomic mass is 9.53. The molecule has 0 heterocycles. The molecule has 2 N–H and O–H groups in total. The summed E-state index contributed by atoms with van der Waals surface area (Å²) in [4.78, 5) is 0. The van der Waals surface area contributed by atoms with Gasteiger partial charge in [-0.25, -0.2) is 0 Å². The first-order chi connectivity index (χ1) is 10.2. The Morgan fingerprint density at radius 3 is 2.09 bits per heavy atom. The van der Waals surface area contributed by atoms with Crippen molar-refractivity contribution in [2.24, 2.45) is 41.4 Å². The summed E-state index contributed by atoms with van der Waals surface area (Å²) in [6.45, 7) is 13.4. The Balaban J connectivity index is 2.39. The fourth-order valence-corrected chi connectivity index (χ4v) is 5.65. The standard InChI is InChI=1S/C20H38O2/c1-12(2)16-9-8-15(6)19(21)18(16)20(22)11-14(5)7-10-17(20)13(3)4/h12-19,21-22H,7-11H2,1-6H3. The first-order valence-electron chi connectivity index (χ1n) is 9.58. The van der Waals surface area contributed by atoms with E-state index in [1.807, 2.05) is 0 Å². The molecule has 0 aromatic rings. The van der Waals surface area contributed by atoms with E-state index in [1.165, 1.54) is 6.42 Å². The van der Waals surface area contributed by atoms with Crippen LogP contribution in [0.5, 0.6) is 0 Å². The van der Waals surface area contributed by atoms with E-state index < -0.39 is 5.60 Å². The lowest BCUT2D eigenvalue weighted by Gasteiger charge is -2.56. The summed E-state index contributed by atoms with van der Waals surface area (Å²) in [5, 5.41) is 22.8. The molecule has 7 unspecified atom stereocenters. The summed E-state index contributed by atoms with van der Waals surface area (Å²) in [5.41, 5.74) is -0.686. The first kappa shape index (κ1) is 18.3. The maximum absolute atomic E-state index is 11.8. The van der Waals surface area contributed by atoms with Crippen LogP contribution in [0.4, 0.5) is 0 Å². The lowest BCUT2D eigenvalue weighted by molar-refractivity contribution is -0.192. The van der Waals surface area contributed by atoms with Gasteiger partial charge in [0.05, 0.1) is 11.7 Å². The van der Waals surface area contributed by atoms with Crippen molar-refractivity contribution in [2.75, 3.05) is 0 Å². The Kier molecular flexibility index (Phi) is 5.65. The van der Waals surface area contributed by atoms with Gasteiger partial charge in [0.2, 0.25) is 0 Å². The molecule has 0 aliphatic heterocycles.